The number of fused-ring (bicyclic) bond motifs is 1. The van der Waals surface area contributed by atoms with E-state index in [1.807, 2.05) is 47.4 Å². The fourth-order valence-corrected chi connectivity index (χ4v) is 3.70. The quantitative estimate of drug-likeness (QED) is 0.684. The first kappa shape index (κ1) is 18.0. The van der Waals surface area contributed by atoms with Crippen molar-refractivity contribution in [3.05, 3.63) is 89.7 Å². The lowest BCUT2D eigenvalue weighted by Gasteiger charge is -2.37. The number of hydrogen-bond donors (Lipinski definition) is 0. The van der Waals surface area contributed by atoms with Crippen LogP contribution in [0.5, 0.6) is 11.5 Å². The molecule has 1 aromatic heterocycles. The summed E-state index contributed by atoms with van der Waals surface area (Å²) < 4.78 is 11.1. The monoisotopic (exact) mass is 374 g/mol. The number of carbonyl (C=O) groups is 1. The molecular weight excluding hydrogens is 352 g/mol. The number of benzene rings is 2. The van der Waals surface area contributed by atoms with Crippen molar-refractivity contribution in [2.75, 3.05) is 20.3 Å². The fraction of sp³-hybridized carbons (Fsp3) is 0.217. The summed E-state index contributed by atoms with van der Waals surface area (Å²) in [7, 11) is 1.59. The van der Waals surface area contributed by atoms with E-state index in [1.165, 1.54) is 5.56 Å². The number of methoxy groups -OCH3 is 1. The van der Waals surface area contributed by atoms with Crippen molar-refractivity contribution in [3.63, 3.8) is 0 Å². The SMILES string of the molecule is COc1ccccc1OCC(=O)N1CCc2ccccc2C1c1ccncc1. The Bertz CT molecular complexity index is 959. The lowest BCUT2D eigenvalue weighted by atomic mass is 9.88. The van der Waals surface area contributed by atoms with Crippen LogP contribution in [0.1, 0.15) is 22.7 Å². The minimum Gasteiger partial charge on any atom is -0.493 e. The number of ether oxygens (including phenoxy) is 2. The minimum absolute atomic E-state index is 0.0376. The predicted molar refractivity (Wildman–Crippen MR) is 106 cm³/mol. The Balaban J connectivity index is 1.59. The summed E-state index contributed by atoms with van der Waals surface area (Å²) in [6, 6.07) is 19.4. The summed E-state index contributed by atoms with van der Waals surface area (Å²) in [5.41, 5.74) is 3.48. The predicted octanol–water partition coefficient (Wildman–Crippen LogP) is 3.64. The molecule has 142 valence electrons. The van der Waals surface area contributed by atoms with Gasteiger partial charge in [-0.15, -0.1) is 0 Å². The lowest BCUT2D eigenvalue weighted by Crippen LogP contribution is -2.42. The molecule has 2 aromatic carbocycles. The second-order valence-corrected chi connectivity index (χ2v) is 6.66. The molecule has 1 aliphatic heterocycles. The van der Waals surface area contributed by atoms with Crippen LogP contribution >= 0.6 is 0 Å². The van der Waals surface area contributed by atoms with E-state index in [1.54, 1.807) is 25.6 Å². The molecule has 0 N–H and O–H groups in total. The van der Waals surface area contributed by atoms with Crippen molar-refractivity contribution in [2.45, 2.75) is 12.5 Å². The molecule has 1 amide bonds. The molecule has 0 fully saturated rings. The Kier molecular flexibility index (Phi) is 5.24. The maximum absolute atomic E-state index is 13.1. The van der Waals surface area contributed by atoms with Gasteiger partial charge in [-0.25, -0.2) is 0 Å². The number of rotatable bonds is 5. The molecule has 5 nitrogen and oxygen atoms in total. The molecule has 0 aliphatic carbocycles. The molecule has 1 atom stereocenters. The van der Waals surface area contributed by atoms with Crippen LogP contribution in [0.4, 0.5) is 0 Å². The second-order valence-electron chi connectivity index (χ2n) is 6.66. The highest BCUT2D eigenvalue weighted by Gasteiger charge is 2.32. The van der Waals surface area contributed by atoms with Crippen LogP contribution < -0.4 is 9.47 Å². The van der Waals surface area contributed by atoms with E-state index in [0.29, 0.717) is 18.0 Å². The van der Waals surface area contributed by atoms with Crippen molar-refractivity contribution < 1.29 is 14.3 Å². The summed E-state index contributed by atoms with van der Waals surface area (Å²) in [5.74, 6) is 1.13. The van der Waals surface area contributed by atoms with Gasteiger partial charge >= 0.3 is 0 Å². The van der Waals surface area contributed by atoms with Crippen molar-refractivity contribution in [2.24, 2.45) is 0 Å². The highest BCUT2D eigenvalue weighted by molar-refractivity contribution is 5.79. The molecule has 1 unspecified atom stereocenters. The summed E-state index contributed by atoms with van der Waals surface area (Å²) >= 11 is 0. The average molecular weight is 374 g/mol. The van der Waals surface area contributed by atoms with Crippen LogP contribution in [0.3, 0.4) is 0 Å². The van der Waals surface area contributed by atoms with E-state index in [-0.39, 0.29) is 18.6 Å². The van der Waals surface area contributed by atoms with Gasteiger partial charge in [0.1, 0.15) is 0 Å². The summed E-state index contributed by atoms with van der Waals surface area (Å²) in [6.07, 6.45) is 4.36. The highest BCUT2D eigenvalue weighted by Crippen LogP contribution is 2.35. The number of pyridine rings is 1. The van der Waals surface area contributed by atoms with Crippen molar-refractivity contribution in [3.8, 4) is 11.5 Å². The first-order valence-electron chi connectivity index (χ1n) is 9.31. The molecule has 0 saturated carbocycles. The summed E-state index contributed by atoms with van der Waals surface area (Å²) in [6.45, 7) is 0.613. The zero-order chi connectivity index (χ0) is 19.3. The number of nitrogens with zero attached hydrogens (tertiary/aromatic N) is 2. The molecule has 1 aliphatic rings. The van der Waals surface area contributed by atoms with Crippen LogP contribution in [0, 0.1) is 0 Å². The number of amides is 1. The zero-order valence-corrected chi connectivity index (χ0v) is 15.7. The molecule has 2 heterocycles. The fourth-order valence-electron chi connectivity index (χ4n) is 3.70. The second kappa shape index (κ2) is 8.13. The molecule has 0 saturated heterocycles. The number of para-hydroxylation sites is 2. The zero-order valence-electron chi connectivity index (χ0n) is 15.7. The molecular formula is C23H22N2O3. The third kappa shape index (κ3) is 3.56. The van der Waals surface area contributed by atoms with Crippen LogP contribution in [0.25, 0.3) is 0 Å². The molecule has 0 bridgehead atoms. The van der Waals surface area contributed by atoms with E-state index >= 15 is 0 Å². The number of carbonyl (C=O) groups excluding carboxylic acids is 1. The Morgan fingerprint density at radius 1 is 1.04 bits per heavy atom. The highest BCUT2D eigenvalue weighted by atomic mass is 16.5. The Morgan fingerprint density at radius 2 is 1.75 bits per heavy atom. The van der Waals surface area contributed by atoms with Gasteiger partial charge in [0.15, 0.2) is 18.1 Å². The van der Waals surface area contributed by atoms with Crippen molar-refractivity contribution >= 4 is 5.91 Å². The third-order valence-electron chi connectivity index (χ3n) is 5.05. The Hall–Kier alpha value is -3.34. The summed E-state index contributed by atoms with van der Waals surface area (Å²) in [5, 5.41) is 0. The third-order valence-corrected chi connectivity index (χ3v) is 5.05. The topological polar surface area (TPSA) is 51.7 Å². The van der Waals surface area contributed by atoms with Crippen molar-refractivity contribution in [1.29, 1.82) is 0 Å². The minimum atomic E-state index is -0.137. The Labute approximate surface area is 164 Å². The maximum atomic E-state index is 13.1. The van der Waals surface area contributed by atoms with Gasteiger partial charge in [-0.2, -0.15) is 0 Å². The number of hydrogen-bond acceptors (Lipinski definition) is 4. The van der Waals surface area contributed by atoms with Crippen molar-refractivity contribution in [1.82, 2.24) is 9.88 Å². The van der Waals surface area contributed by atoms with Gasteiger partial charge < -0.3 is 14.4 Å². The van der Waals surface area contributed by atoms with E-state index in [9.17, 15) is 4.79 Å². The molecule has 0 radical (unpaired) electrons. The van der Waals surface area contributed by atoms with Crippen LogP contribution in [0.2, 0.25) is 0 Å². The molecule has 5 heteroatoms. The van der Waals surface area contributed by atoms with E-state index in [0.717, 1.165) is 17.5 Å². The van der Waals surface area contributed by atoms with Gasteiger partial charge in [-0.3, -0.25) is 9.78 Å². The largest absolute Gasteiger partial charge is 0.493 e. The molecule has 28 heavy (non-hydrogen) atoms. The van der Waals surface area contributed by atoms with E-state index in [2.05, 4.69) is 17.1 Å². The van der Waals surface area contributed by atoms with Gasteiger partial charge in [0.05, 0.1) is 13.2 Å². The lowest BCUT2D eigenvalue weighted by molar-refractivity contribution is -0.135. The first-order valence-corrected chi connectivity index (χ1v) is 9.31. The first-order chi connectivity index (χ1) is 13.8. The van der Waals surface area contributed by atoms with Crippen LogP contribution in [-0.2, 0) is 11.2 Å². The maximum Gasteiger partial charge on any atom is 0.261 e. The van der Waals surface area contributed by atoms with Gasteiger partial charge in [-0.1, -0.05) is 36.4 Å². The number of aromatic nitrogens is 1. The molecule has 3 aromatic rings. The van der Waals surface area contributed by atoms with Crippen LogP contribution in [0.15, 0.2) is 73.1 Å². The van der Waals surface area contributed by atoms with E-state index in [4.69, 9.17) is 9.47 Å². The smallest absolute Gasteiger partial charge is 0.261 e. The normalized spacial score (nSPS) is 15.6. The van der Waals surface area contributed by atoms with Gasteiger partial charge in [0.25, 0.3) is 5.91 Å². The van der Waals surface area contributed by atoms with Crippen LogP contribution in [-0.4, -0.2) is 36.1 Å². The Morgan fingerprint density at radius 3 is 2.54 bits per heavy atom. The molecule has 4 rings (SSSR count). The standard InChI is InChI=1S/C23H22N2O3/c1-27-20-8-4-5-9-21(20)28-16-22(26)25-15-12-17-6-2-3-7-19(17)23(25)18-10-13-24-14-11-18/h2-11,13-14,23H,12,15-16H2,1H3. The van der Waals surface area contributed by atoms with Gasteiger partial charge in [-0.05, 0) is 47.4 Å². The van der Waals surface area contributed by atoms with E-state index < -0.39 is 0 Å². The van der Waals surface area contributed by atoms with Gasteiger partial charge in [0.2, 0.25) is 0 Å². The average Bonchev–Trinajstić information content (AvgIpc) is 2.77. The van der Waals surface area contributed by atoms with Gasteiger partial charge in [0, 0.05) is 18.9 Å². The molecule has 0 spiro atoms. The summed E-state index contributed by atoms with van der Waals surface area (Å²) in [4.78, 5) is 19.1.